The number of aryl methyl sites for hydroxylation is 1. The van der Waals surface area contributed by atoms with Crippen LogP contribution < -0.4 is 10.6 Å². The Morgan fingerprint density at radius 1 is 1.29 bits per heavy atom. The van der Waals surface area contributed by atoms with Gasteiger partial charge in [0.05, 0.1) is 23.3 Å². The molecule has 2 rings (SSSR count). The van der Waals surface area contributed by atoms with Gasteiger partial charge in [0.2, 0.25) is 0 Å². The maximum atomic E-state index is 5.94. The van der Waals surface area contributed by atoms with Crippen molar-refractivity contribution in [1.29, 1.82) is 0 Å². The molecule has 1 aromatic carbocycles. The molecule has 1 heterocycles. The highest BCUT2D eigenvalue weighted by atomic mass is 127. The first-order chi connectivity index (χ1) is 11.1. The minimum absolute atomic E-state index is 0. The van der Waals surface area contributed by atoms with Crippen molar-refractivity contribution in [3.63, 3.8) is 0 Å². The molecule has 0 saturated carbocycles. The van der Waals surface area contributed by atoms with Gasteiger partial charge in [-0.15, -0.1) is 35.3 Å². The molecule has 2 N–H and O–H groups in total. The molecule has 0 amide bonds. The molecule has 7 heteroatoms. The van der Waals surface area contributed by atoms with Gasteiger partial charge < -0.3 is 10.6 Å². The van der Waals surface area contributed by atoms with E-state index < -0.39 is 0 Å². The van der Waals surface area contributed by atoms with Crippen molar-refractivity contribution < 1.29 is 0 Å². The molecule has 1 aromatic heterocycles. The zero-order valence-electron chi connectivity index (χ0n) is 14.2. The average Bonchev–Trinajstić information content (AvgIpc) is 3.01. The predicted octanol–water partition coefficient (Wildman–Crippen LogP) is 4.79. The van der Waals surface area contributed by atoms with Gasteiger partial charge in [0.25, 0.3) is 0 Å². The van der Waals surface area contributed by atoms with Gasteiger partial charge in [-0.2, -0.15) is 0 Å². The number of halogens is 2. The Morgan fingerprint density at radius 2 is 2.00 bits per heavy atom. The van der Waals surface area contributed by atoms with E-state index in [4.69, 9.17) is 11.6 Å². The van der Waals surface area contributed by atoms with Crippen LogP contribution in [-0.2, 0) is 13.0 Å². The van der Waals surface area contributed by atoms with E-state index in [0.717, 1.165) is 34.6 Å². The molecule has 2 aromatic rings. The Balaban J connectivity index is 0.00000288. The molecule has 24 heavy (non-hydrogen) atoms. The largest absolute Gasteiger partial charge is 0.357 e. The molecule has 0 radical (unpaired) electrons. The number of hydrogen-bond acceptors (Lipinski definition) is 3. The van der Waals surface area contributed by atoms with Crippen LogP contribution in [0, 0.1) is 0 Å². The van der Waals surface area contributed by atoms with Gasteiger partial charge in [-0.1, -0.05) is 30.7 Å². The summed E-state index contributed by atoms with van der Waals surface area (Å²) in [5, 5.41) is 10.7. The fourth-order valence-corrected chi connectivity index (χ4v) is 2.97. The Bertz CT molecular complexity index is 642. The fraction of sp³-hybridized carbons (Fsp3) is 0.412. The highest BCUT2D eigenvalue weighted by Gasteiger charge is 2.08. The van der Waals surface area contributed by atoms with Crippen LogP contribution in [0.2, 0.25) is 5.02 Å². The van der Waals surface area contributed by atoms with E-state index in [0.29, 0.717) is 6.54 Å². The summed E-state index contributed by atoms with van der Waals surface area (Å²) in [5.41, 5.74) is 2.19. The summed E-state index contributed by atoms with van der Waals surface area (Å²) in [6.45, 7) is 7.68. The van der Waals surface area contributed by atoms with Gasteiger partial charge in [0.15, 0.2) is 5.96 Å². The van der Waals surface area contributed by atoms with Crippen molar-refractivity contribution in [3.8, 4) is 0 Å². The zero-order valence-corrected chi connectivity index (χ0v) is 18.1. The van der Waals surface area contributed by atoms with Gasteiger partial charge in [0, 0.05) is 16.9 Å². The molecule has 1 atom stereocenters. The Morgan fingerprint density at radius 3 is 2.58 bits per heavy atom. The third-order valence-corrected chi connectivity index (χ3v) is 4.66. The topological polar surface area (TPSA) is 49.3 Å². The van der Waals surface area contributed by atoms with Crippen LogP contribution in [0.4, 0.5) is 0 Å². The SMILES string of the molecule is CCNC(=NCc1csc(CC)n1)NC(C)c1ccc(Cl)cc1.I. The molecular weight excluding hydrogens is 455 g/mol. The standard InChI is InChI=1S/C17H23ClN4S.HI/c1-4-16-22-15(11-23-16)10-20-17(19-5-2)21-12(3)13-6-8-14(18)9-7-13;/h6-9,11-12H,4-5,10H2,1-3H3,(H2,19,20,21);1H. The highest BCUT2D eigenvalue weighted by molar-refractivity contribution is 14.0. The third kappa shape index (κ3) is 6.57. The molecule has 0 fully saturated rings. The molecule has 132 valence electrons. The highest BCUT2D eigenvalue weighted by Crippen LogP contribution is 2.16. The molecular formula is C17H24ClIN4S. The van der Waals surface area contributed by atoms with Crippen LogP contribution in [0.15, 0.2) is 34.6 Å². The lowest BCUT2D eigenvalue weighted by molar-refractivity contribution is 0.686. The smallest absolute Gasteiger partial charge is 0.192 e. The van der Waals surface area contributed by atoms with E-state index in [2.05, 4.69) is 46.8 Å². The molecule has 0 aliphatic carbocycles. The van der Waals surface area contributed by atoms with Crippen LogP contribution in [0.1, 0.15) is 43.1 Å². The van der Waals surface area contributed by atoms with Crippen LogP contribution in [0.25, 0.3) is 0 Å². The van der Waals surface area contributed by atoms with E-state index in [1.54, 1.807) is 11.3 Å². The Labute approximate surface area is 170 Å². The summed E-state index contributed by atoms with van der Waals surface area (Å²) < 4.78 is 0. The van der Waals surface area contributed by atoms with E-state index >= 15 is 0 Å². The van der Waals surface area contributed by atoms with Crippen molar-refractivity contribution in [1.82, 2.24) is 15.6 Å². The summed E-state index contributed by atoms with van der Waals surface area (Å²) in [6, 6.07) is 8.00. The summed E-state index contributed by atoms with van der Waals surface area (Å²) >= 11 is 7.63. The van der Waals surface area contributed by atoms with Crippen molar-refractivity contribution in [2.24, 2.45) is 4.99 Å². The maximum Gasteiger partial charge on any atom is 0.192 e. The number of rotatable bonds is 6. The number of nitrogens with zero attached hydrogens (tertiary/aromatic N) is 2. The first-order valence-corrected chi connectivity index (χ1v) is 9.11. The number of hydrogen-bond donors (Lipinski definition) is 2. The van der Waals surface area contributed by atoms with Gasteiger partial charge >= 0.3 is 0 Å². The second-order valence-electron chi connectivity index (χ2n) is 5.20. The minimum Gasteiger partial charge on any atom is -0.357 e. The second-order valence-corrected chi connectivity index (χ2v) is 6.58. The molecule has 0 saturated heterocycles. The molecule has 0 aliphatic rings. The monoisotopic (exact) mass is 478 g/mol. The molecule has 4 nitrogen and oxygen atoms in total. The van der Waals surface area contributed by atoms with Crippen molar-refractivity contribution >= 4 is 52.9 Å². The molecule has 1 unspecified atom stereocenters. The lowest BCUT2D eigenvalue weighted by atomic mass is 10.1. The number of nitrogens with one attached hydrogen (secondary N) is 2. The van der Waals surface area contributed by atoms with Gasteiger partial charge in [-0.3, -0.25) is 0 Å². The number of guanidine groups is 1. The van der Waals surface area contributed by atoms with Gasteiger partial charge in [-0.05, 0) is 38.0 Å². The summed E-state index contributed by atoms with van der Waals surface area (Å²) in [4.78, 5) is 9.18. The lowest BCUT2D eigenvalue weighted by Crippen LogP contribution is -2.38. The molecule has 0 bridgehead atoms. The van der Waals surface area contributed by atoms with Crippen molar-refractivity contribution in [2.75, 3.05) is 6.54 Å². The maximum absolute atomic E-state index is 5.94. The van der Waals surface area contributed by atoms with E-state index in [9.17, 15) is 0 Å². The second kappa shape index (κ2) is 10.9. The van der Waals surface area contributed by atoms with E-state index in [-0.39, 0.29) is 30.0 Å². The van der Waals surface area contributed by atoms with Crippen LogP contribution in [-0.4, -0.2) is 17.5 Å². The minimum atomic E-state index is 0. The average molecular weight is 479 g/mol. The van der Waals surface area contributed by atoms with Crippen molar-refractivity contribution in [3.05, 3.63) is 50.9 Å². The predicted molar refractivity (Wildman–Crippen MR) is 115 cm³/mol. The van der Waals surface area contributed by atoms with Crippen molar-refractivity contribution in [2.45, 2.75) is 39.8 Å². The Hall–Kier alpha value is -0.860. The fourth-order valence-electron chi connectivity index (χ4n) is 2.10. The third-order valence-electron chi connectivity index (χ3n) is 3.37. The number of aromatic nitrogens is 1. The van der Waals surface area contributed by atoms with Crippen LogP contribution in [0.3, 0.4) is 0 Å². The number of aliphatic imine (C=N–C) groups is 1. The zero-order chi connectivity index (χ0) is 16.7. The van der Waals surface area contributed by atoms with E-state index in [1.807, 2.05) is 24.3 Å². The first-order valence-electron chi connectivity index (χ1n) is 7.86. The van der Waals surface area contributed by atoms with Gasteiger partial charge in [0.1, 0.15) is 0 Å². The molecule has 0 spiro atoms. The summed E-state index contributed by atoms with van der Waals surface area (Å²) in [6.07, 6.45) is 0.973. The number of thiazole rings is 1. The van der Waals surface area contributed by atoms with E-state index in [1.165, 1.54) is 5.56 Å². The first kappa shape index (κ1) is 21.2. The summed E-state index contributed by atoms with van der Waals surface area (Å²) in [7, 11) is 0. The van der Waals surface area contributed by atoms with Gasteiger partial charge in [-0.25, -0.2) is 9.98 Å². The normalized spacial score (nSPS) is 12.4. The lowest BCUT2D eigenvalue weighted by Gasteiger charge is -2.18. The van der Waals surface area contributed by atoms with Crippen LogP contribution in [0.5, 0.6) is 0 Å². The quantitative estimate of drug-likeness (QED) is 0.356. The number of benzene rings is 1. The summed E-state index contributed by atoms with van der Waals surface area (Å²) in [5.74, 6) is 0.793. The molecule has 0 aliphatic heterocycles. The van der Waals surface area contributed by atoms with Crippen LogP contribution >= 0.6 is 46.9 Å². The Kier molecular flexibility index (Phi) is 9.61.